The third kappa shape index (κ3) is 7.94. The van der Waals surface area contributed by atoms with Gasteiger partial charge in [-0.2, -0.15) is 0 Å². The number of aliphatic carboxylic acids is 1. The van der Waals surface area contributed by atoms with Crippen molar-refractivity contribution in [2.75, 3.05) is 13.1 Å². The van der Waals surface area contributed by atoms with Crippen LogP contribution in [0.1, 0.15) is 70.9 Å². The number of aromatic nitrogens is 6. The lowest BCUT2D eigenvalue weighted by atomic mass is 9.88. The summed E-state index contributed by atoms with van der Waals surface area (Å²) in [7, 11) is 0. The highest BCUT2D eigenvalue weighted by molar-refractivity contribution is 5.76. The molecule has 10 heteroatoms. The van der Waals surface area contributed by atoms with Crippen LogP contribution in [0.15, 0.2) is 18.6 Å². The average Bonchev–Trinajstić information content (AvgIpc) is 3.45. The van der Waals surface area contributed by atoms with Crippen molar-refractivity contribution in [3.63, 3.8) is 0 Å². The number of aryl methyl sites for hydroxylation is 1. The molecule has 3 heterocycles. The van der Waals surface area contributed by atoms with Gasteiger partial charge in [-0.05, 0) is 45.4 Å². The second-order valence-corrected chi connectivity index (χ2v) is 9.83. The molecule has 1 saturated heterocycles. The largest absolute Gasteiger partial charge is 0.481 e. The zero-order chi connectivity index (χ0) is 23.7. The Hall–Kier alpha value is -2.78. The van der Waals surface area contributed by atoms with Crippen LogP contribution in [0, 0.1) is 11.3 Å². The zero-order valence-electron chi connectivity index (χ0n) is 19.9. The van der Waals surface area contributed by atoms with Gasteiger partial charge in [0.05, 0.1) is 17.3 Å². The maximum atomic E-state index is 12.6. The van der Waals surface area contributed by atoms with Gasteiger partial charge in [0.1, 0.15) is 0 Å². The topological polar surface area (TPSA) is 119 Å². The van der Waals surface area contributed by atoms with E-state index in [2.05, 4.69) is 20.6 Å². The van der Waals surface area contributed by atoms with Crippen molar-refractivity contribution < 1.29 is 14.7 Å². The molecule has 1 unspecified atom stereocenters. The number of unbranched alkanes of at least 4 members (excludes halogenated alkanes) is 4. The van der Waals surface area contributed by atoms with Crippen LogP contribution in [-0.2, 0) is 29.1 Å². The molecule has 1 amide bonds. The zero-order valence-corrected chi connectivity index (χ0v) is 19.9. The fraction of sp³-hybridized carbons (Fsp3) is 0.739. The molecule has 3 rings (SSSR count). The minimum Gasteiger partial charge on any atom is -0.481 e. The van der Waals surface area contributed by atoms with Gasteiger partial charge in [0.25, 0.3) is 0 Å². The molecule has 0 aliphatic carbocycles. The summed E-state index contributed by atoms with van der Waals surface area (Å²) in [5.41, 5.74) is -0.132. The summed E-state index contributed by atoms with van der Waals surface area (Å²) in [5.74, 6) is -0.1000. The molecule has 1 aliphatic rings. The number of hydrogen-bond acceptors (Lipinski definition) is 6. The van der Waals surface area contributed by atoms with Gasteiger partial charge >= 0.3 is 5.97 Å². The molecule has 10 nitrogen and oxygen atoms in total. The molecule has 33 heavy (non-hydrogen) atoms. The Kier molecular flexibility index (Phi) is 8.96. The van der Waals surface area contributed by atoms with Crippen LogP contribution >= 0.6 is 0 Å². The maximum absolute atomic E-state index is 12.6. The fourth-order valence-electron chi connectivity index (χ4n) is 4.33. The molecular weight excluding hydrogens is 422 g/mol. The van der Waals surface area contributed by atoms with E-state index in [4.69, 9.17) is 0 Å². The molecule has 2 aromatic rings. The van der Waals surface area contributed by atoms with Crippen LogP contribution in [0.3, 0.4) is 0 Å². The molecule has 0 spiro atoms. The molecule has 0 saturated carbocycles. The van der Waals surface area contributed by atoms with Crippen molar-refractivity contribution in [3.05, 3.63) is 24.3 Å². The molecule has 0 radical (unpaired) electrons. The summed E-state index contributed by atoms with van der Waals surface area (Å²) in [6, 6.07) is 0. The Balaban J connectivity index is 1.25. The lowest BCUT2D eigenvalue weighted by Crippen LogP contribution is -2.41. The minimum absolute atomic E-state index is 0.276. The van der Waals surface area contributed by atoms with Gasteiger partial charge in [0.15, 0.2) is 0 Å². The molecule has 1 aliphatic heterocycles. The number of piperidine rings is 1. The summed E-state index contributed by atoms with van der Waals surface area (Å²) in [5, 5.41) is 25.3. The van der Waals surface area contributed by atoms with Gasteiger partial charge in [-0.15, -0.1) is 10.2 Å². The average molecular weight is 460 g/mol. The van der Waals surface area contributed by atoms with Crippen molar-refractivity contribution in [1.82, 2.24) is 34.9 Å². The monoisotopic (exact) mass is 459 g/mol. The Labute approximate surface area is 195 Å². The van der Waals surface area contributed by atoms with Crippen molar-refractivity contribution in [2.45, 2.75) is 84.7 Å². The number of rotatable bonds is 13. The fourth-order valence-corrected chi connectivity index (χ4v) is 4.33. The van der Waals surface area contributed by atoms with Crippen LogP contribution in [0.5, 0.6) is 0 Å². The molecule has 1 fully saturated rings. The lowest BCUT2D eigenvalue weighted by Gasteiger charge is -2.32. The molecule has 2 aromatic heterocycles. The van der Waals surface area contributed by atoms with E-state index in [1.807, 2.05) is 22.0 Å². The van der Waals surface area contributed by atoms with E-state index in [0.717, 1.165) is 71.1 Å². The highest BCUT2D eigenvalue weighted by atomic mass is 16.4. The third-order valence-electron chi connectivity index (χ3n) is 6.35. The summed E-state index contributed by atoms with van der Waals surface area (Å²) in [4.78, 5) is 25.9. The predicted molar refractivity (Wildman–Crippen MR) is 122 cm³/mol. The number of amides is 1. The predicted octanol–water partition coefficient (Wildman–Crippen LogP) is 2.80. The number of carboxylic acid groups (broad SMARTS) is 1. The molecule has 0 aromatic carbocycles. The number of nitrogens with zero attached hydrogens (tertiary/aromatic N) is 7. The standard InChI is InChI=1S/C23H37N7O3/c1-23(2,22(32)33)15-20-18-29(27-25-20)13-7-5-3-4-6-10-21(31)28-12-8-9-19(16-28)17-30-14-11-24-26-30/h11,14,18-19H,3-10,12-13,15-17H2,1-2H3,(H,32,33). The number of hydrogen-bond donors (Lipinski definition) is 1. The lowest BCUT2D eigenvalue weighted by molar-refractivity contribution is -0.146. The van der Waals surface area contributed by atoms with Gasteiger partial charge in [-0.25, -0.2) is 0 Å². The van der Waals surface area contributed by atoms with Crippen molar-refractivity contribution >= 4 is 11.9 Å². The summed E-state index contributed by atoms with van der Waals surface area (Å²) in [6.07, 6.45) is 13.8. The molecule has 0 bridgehead atoms. The van der Waals surface area contributed by atoms with E-state index >= 15 is 0 Å². The quantitative estimate of drug-likeness (QED) is 0.457. The summed E-state index contributed by atoms with van der Waals surface area (Å²) < 4.78 is 3.65. The van der Waals surface area contributed by atoms with Crippen molar-refractivity contribution in [2.24, 2.45) is 11.3 Å². The molecule has 1 N–H and O–H groups in total. The van der Waals surface area contributed by atoms with Gasteiger partial charge < -0.3 is 10.0 Å². The van der Waals surface area contributed by atoms with E-state index in [9.17, 15) is 14.7 Å². The van der Waals surface area contributed by atoms with E-state index < -0.39 is 11.4 Å². The number of carbonyl (C=O) groups excluding carboxylic acids is 1. The van der Waals surface area contributed by atoms with E-state index in [1.54, 1.807) is 24.7 Å². The Morgan fingerprint density at radius 2 is 1.91 bits per heavy atom. The number of carboxylic acids is 1. The highest BCUT2D eigenvalue weighted by Crippen LogP contribution is 2.21. The van der Waals surface area contributed by atoms with Gasteiger partial charge in [0, 0.05) is 51.4 Å². The van der Waals surface area contributed by atoms with Crippen LogP contribution in [0.25, 0.3) is 0 Å². The Morgan fingerprint density at radius 3 is 2.67 bits per heavy atom. The summed E-state index contributed by atoms with van der Waals surface area (Å²) >= 11 is 0. The Morgan fingerprint density at radius 1 is 1.12 bits per heavy atom. The smallest absolute Gasteiger partial charge is 0.309 e. The first-order chi connectivity index (χ1) is 15.8. The molecular formula is C23H37N7O3. The van der Waals surface area contributed by atoms with Crippen molar-refractivity contribution in [1.29, 1.82) is 0 Å². The maximum Gasteiger partial charge on any atom is 0.309 e. The van der Waals surface area contributed by atoms with Gasteiger partial charge in [-0.3, -0.25) is 19.0 Å². The van der Waals surface area contributed by atoms with Crippen LogP contribution in [0.4, 0.5) is 0 Å². The van der Waals surface area contributed by atoms with E-state index in [1.165, 1.54) is 0 Å². The first-order valence-electron chi connectivity index (χ1n) is 12.1. The number of likely N-dealkylation sites (tertiary alicyclic amines) is 1. The second kappa shape index (κ2) is 11.9. The third-order valence-corrected chi connectivity index (χ3v) is 6.35. The Bertz CT molecular complexity index is 879. The number of carbonyl (C=O) groups is 2. The van der Waals surface area contributed by atoms with Gasteiger partial charge in [0.2, 0.25) is 5.91 Å². The SMILES string of the molecule is CC(C)(Cc1cn(CCCCCCCC(=O)N2CCCC(Cn3ccnn3)C2)nn1)C(=O)O. The molecule has 182 valence electrons. The van der Waals surface area contributed by atoms with Gasteiger partial charge in [-0.1, -0.05) is 29.7 Å². The van der Waals surface area contributed by atoms with Crippen LogP contribution in [-0.4, -0.2) is 65.0 Å². The minimum atomic E-state index is -0.843. The van der Waals surface area contributed by atoms with Crippen LogP contribution in [0.2, 0.25) is 0 Å². The van der Waals surface area contributed by atoms with Crippen LogP contribution < -0.4 is 0 Å². The normalized spacial score (nSPS) is 16.8. The first-order valence-corrected chi connectivity index (χ1v) is 12.1. The summed E-state index contributed by atoms with van der Waals surface area (Å²) in [6.45, 7) is 6.69. The van der Waals surface area contributed by atoms with E-state index in [0.29, 0.717) is 24.5 Å². The highest BCUT2D eigenvalue weighted by Gasteiger charge is 2.28. The second-order valence-electron chi connectivity index (χ2n) is 9.83. The van der Waals surface area contributed by atoms with Crippen molar-refractivity contribution in [3.8, 4) is 0 Å². The molecule has 1 atom stereocenters. The first kappa shape index (κ1) is 24.9. The van der Waals surface area contributed by atoms with E-state index in [-0.39, 0.29) is 5.91 Å².